The molecule has 11 atom stereocenters. The molecule has 4 saturated carbocycles. The number of hydrogen-bond donors (Lipinski definition) is 3. The van der Waals surface area contributed by atoms with Crippen molar-refractivity contribution in [3.05, 3.63) is 12.2 Å². The third-order valence-electron chi connectivity index (χ3n) is 11.3. The van der Waals surface area contributed by atoms with Crippen molar-refractivity contribution in [1.82, 2.24) is 0 Å². The van der Waals surface area contributed by atoms with Gasteiger partial charge in [-0.2, -0.15) is 0 Å². The van der Waals surface area contributed by atoms with Crippen LogP contribution in [0.15, 0.2) is 12.2 Å². The minimum absolute atomic E-state index is 0.272. The van der Waals surface area contributed by atoms with Gasteiger partial charge in [0.05, 0.1) is 17.8 Å². The first kappa shape index (κ1) is 23.8. The van der Waals surface area contributed by atoms with Crippen LogP contribution >= 0.6 is 0 Å². The Labute approximate surface area is 190 Å². The van der Waals surface area contributed by atoms with Gasteiger partial charge in [0.15, 0.2) is 0 Å². The van der Waals surface area contributed by atoms with Gasteiger partial charge in [-0.05, 0) is 91.8 Å². The van der Waals surface area contributed by atoms with Crippen molar-refractivity contribution in [2.24, 2.45) is 52.3 Å². The molecule has 3 nitrogen and oxygen atoms in total. The standard InChI is InChI=1S/C28H48O3/c1-17(2)18(3)7-8-19(4)22-9-10-23-21-15-25(30)28(31)16-20(29)11-14-27(28,6)24(21)12-13-26(22,23)5/h7-8,17-25,29-31H,9-16H2,1-6H3/b8-7+/t18?,19-,20+,21?,22-,23?,24?,25-,26-,27-,28+/m1/s1. The topological polar surface area (TPSA) is 60.7 Å². The Bertz CT molecular complexity index is 688. The van der Waals surface area contributed by atoms with Crippen LogP contribution in [-0.4, -0.2) is 33.1 Å². The van der Waals surface area contributed by atoms with Gasteiger partial charge in [-0.15, -0.1) is 0 Å². The fourth-order valence-electron chi connectivity index (χ4n) is 8.87. The van der Waals surface area contributed by atoms with Crippen molar-refractivity contribution >= 4 is 0 Å². The van der Waals surface area contributed by atoms with Crippen LogP contribution in [0.4, 0.5) is 0 Å². The van der Waals surface area contributed by atoms with Crippen molar-refractivity contribution in [1.29, 1.82) is 0 Å². The van der Waals surface area contributed by atoms with E-state index in [1.54, 1.807) is 0 Å². The normalized spacial score (nSPS) is 51.9. The van der Waals surface area contributed by atoms with Crippen LogP contribution < -0.4 is 0 Å². The monoisotopic (exact) mass is 432 g/mol. The molecular weight excluding hydrogens is 384 g/mol. The molecule has 4 aliphatic carbocycles. The molecule has 4 rings (SSSR count). The summed E-state index contributed by atoms with van der Waals surface area (Å²) in [4.78, 5) is 0. The highest BCUT2D eigenvalue weighted by atomic mass is 16.3. The van der Waals surface area contributed by atoms with Crippen molar-refractivity contribution in [2.45, 2.75) is 111 Å². The zero-order valence-electron chi connectivity index (χ0n) is 20.8. The predicted octanol–water partition coefficient (Wildman–Crippen LogP) is 5.58. The molecule has 0 saturated heterocycles. The van der Waals surface area contributed by atoms with Crippen molar-refractivity contribution in [3.63, 3.8) is 0 Å². The van der Waals surface area contributed by atoms with Crippen molar-refractivity contribution in [2.75, 3.05) is 0 Å². The maximum atomic E-state index is 11.6. The van der Waals surface area contributed by atoms with Gasteiger partial charge in [0, 0.05) is 11.8 Å². The van der Waals surface area contributed by atoms with Crippen molar-refractivity contribution < 1.29 is 15.3 Å². The third-order valence-corrected chi connectivity index (χ3v) is 11.3. The first-order valence-corrected chi connectivity index (χ1v) is 13.2. The van der Waals surface area contributed by atoms with Crippen LogP contribution in [0.25, 0.3) is 0 Å². The van der Waals surface area contributed by atoms with E-state index in [0.717, 1.165) is 19.3 Å². The lowest BCUT2D eigenvalue weighted by Crippen LogP contribution is -2.68. The predicted molar refractivity (Wildman–Crippen MR) is 126 cm³/mol. The summed E-state index contributed by atoms with van der Waals surface area (Å²) < 4.78 is 0. The Balaban J connectivity index is 1.56. The summed E-state index contributed by atoms with van der Waals surface area (Å²) in [5, 5.41) is 33.1. The number of hydrogen-bond acceptors (Lipinski definition) is 3. The van der Waals surface area contributed by atoms with Gasteiger partial charge in [0.25, 0.3) is 0 Å². The molecule has 4 aliphatic rings. The van der Waals surface area contributed by atoms with Crippen LogP contribution in [0.2, 0.25) is 0 Å². The largest absolute Gasteiger partial charge is 0.393 e. The molecule has 0 heterocycles. The van der Waals surface area contributed by atoms with E-state index in [4.69, 9.17) is 0 Å². The lowest BCUT2D eigenvalue weighted by Gasteiger charge is -2.65. The first-order chi connectivity index (χ1) is 14.4. The number of fused-ring (bicyclic) bond motifs is 5. The van der Waals surface area contributed by atoms with E-state index < -0.39 is 17.8 Å². The van der Waals surface area contributed by atoms with Gasteiger partial charge in [0.2, 0.25) is 0 Å². The van der Waals surface area contributed by atoms with E-state index >= 15 is 0 Å². The molecular formula is C28H48O3. The highest BCUT2D eigenvalue weighted by molar-refractivity contribution is 5.17. The molecule has 0 spiro atoms. The Kier molecular flexibility index (Phi) is 6.24. The molecule has 178 valence electrons. The van der Waals surface area contributed by atoms with E-state index in [0.29, 0.717) is 59.7 Å². The molecule has 0 aromatic rings. The maximum Gasteiger partial charge on any atom is 0.0985 e. The molecule has 0 aromatic carbocycles. The van der Waals surface area contributed by atoms with Crippen LogP contribution in [0.3, 0.4) is 0 Å². The molecule has 0 amide bonds. The minimum Gasteiger partial charge on any atom is -0.393 e. The molecule has 0 bridgehead atoms. The van der Waals surface area contributed by atoms with E-state index in [9.17, 15) is 15.3 Å². The summed E-state index contributed by atoms with van der Waals surface area (Å²) >= 11 is 0. The lowest BCUT2D eigenvalue weighted by molar-refractivity contribution is -0.264. The molecule has 3 heteroatoms. The van der Waals surface area contributed by atoms with Gasteiger partial charge in [0.1, 0.15) is 0 Å². The maximum absolute atomic E-state index is 11.6. The quantitative estimate of drug-likeness (QED) is 0.509. The summed E-state index contributed by atoms with van der Waals surface area (Å²) in [6, 6.07) is 0. The van der Waals surface area contributed by atoms with Crippen LogP contribution in [-0.2, 0) is 0 Å². The summed E-state index contributed by atoms with van der Waals surface area (Å²) in [7, 11) is 0. The van der Waals surface area contributed by atoms with Crippen LogP contribution in [0, 0.1) is 52.3 Å². The van der Waals surface area contributed by atoms with E-state index in [1.807, 2.05) is 0 Å². The zero-order chi connectivity index (χ0) is 22.8. The average Bonchev–Trinajstić information content (AvgIpc) is 3.05. The SMILES string of the molecule is CC(C)C(C)/C=C/[C@@H](C)[C@H]1CCC2C3C[C@@H](O)[C@@]4(O)C[C@@H](O)CC[C@]4(C)C3CC[C@@]21C. The fourth-order valence-corrected chi connectivity index (χ4v) is 8.87. The zero-order valence-corrected chi connectivity index (χ0v) is 20.8. The molecule has 4 fully saturated rings. The van der Waals surface area contributed by atoms with Gasteiger partial charge in [-0.3, -0.25) is 0 Å². The van der Waals surface area contributed by atoms with Gasteiger partial charge >= 0.3 is 0 Å². The summed E-state index contributed by atoms with van der Waals surface area (Å²) in [6.07, 6.45) is 11.4. The lowest BCUT2D eigenvalue weighted by atomic mass is 9.42. The summed E-state index contributed by atoms with van der Waals surface area (Å²) in [6.45, 7) is 14.1. The highest BCUT2D eigenvalue weighted by Crippen LogP contribution is 2.69. The van der Waals surface area contributed by atoms with Gasteiger partial charge in [-0.25, -0.2) is 0 Å². The second kappa shape index (κ2) is 8.13. The number of rotatable bonds is 4. The fraction of sp³-hybridized carbons (Fsp3) is 0.929. The Morgan fingerprint density at radius 2 is 1.58 bits per heavy atom. The third kappa shape index (κ3) is 3.56. The average molecular weight is 433 g/mol. The van der Waals surface area contributed by atoms with Crippen LogP contribution in [0.5, 0.6) is 0 Å². The molecule has 31 heavy (non-hydrogen) atoms. The van der Waals surface area contributed by atoms with E-state index in [2.05, 4.69) is 53.7 Å². The Morgan fingerprint density at radius 3 is 2.26 bits per heavy atom. The van der Waals surface area contributed by atoms with E-state index in [-0.39, 0.29) is 5.41 Å². The summed E-state index contributed by atoms with van der Waals surface area (Å²) in [5.74, 6) is 4.24. The molecule has 4 unspecified atom stereocenters. The summed E-state index contributed by atoms with van der Waals surface area (Å²) in [5.41, 5.74) is -1.06. The Hall–Kier alpha value is -0.380. The smallest absolute Gasteiger partial charge is 0.0985 e. The van der Waals surface area contributed by atoms with Crippen molar-refractivity contribution in [3.8, 4) is 0 Å². The number of allylic oxidation sites excluding steroid dienone is 2. The first-order valence-electron chi connectivity index (χ1n) is 13.2. The Morgan fingerprint density at radius 1 is 0.871 bits per heavy atom. The number of aliphatic hydroxyl groups excluding tert-OH is 2. The molecule has 0 aliphatic heterocycles. The minimum atomic E-state index is -1.12. The van der Waals surface area contributed by atoms with Crippen LogP contribution in [0.1, 0.15) is 92.9 Å². The van der Waals surface area contributed by atoms with Gasteiger partial charge in [-0.1, -0.05) is 53.7 Å². The molecule has 3 N–H and O–H groups in total. The molecule has 0 aromatic heterocycles. The second-order valence-corrected chi connectivity index (χ2v) is 12.9. The number of aliphatic hydroxyl groups is 3. The van der Waals surface area contributed by atoms with E-state index in [1.165, 1.54) is 19.3 Å². The highest BCUT2D eigenvalue weighted by Gasteiger charge is 2.67. The molecule has 0 radical (unpaired) electrons. The van der Waals surface area contributed by atoms with Gasteiger partial charge < -0.3 is 15.3 Å². The second-order valence-electron chi connectivity index (χ2n) is 12.9.